The normalized spacial score (nSPS) is 10.7. The SMILES string of the molecule is CC(C)N(Cc1cccc(OCCCCCC(=O)OC(=O)O)c1)C(=O)c1ccc(-c2cccc(O)c2)cc1. The van der Waals surface area contributed by atoms with Gasteiger partial charge in [-0.15, -0.1) is 0 Å². The smallest absolute Gasteiger partial charge is 0.508 e. The molecule has 0 unspecified atom stereocenters. The minimum atomic E-state index is -1.58. The highest BCUT2D eigenvalue weighted by Crippen LogP contribution is 2.24. The Labute approximate surface area is 222 Å². The Hall–Kier alpha value is -4.33. The fourth-order valence-electron chi connectivity index (χ4n) is 3.96. The minimum absolute atomic E-state index is 0.0226. The van der Waals surface area contributed by atoms with Crippen LogP contribution in [0.4, 0.5) is 4.79 Å². The molecule has 1 amide bonds. The van der Waals surface area contributed by atoms with Gasteiger partial charge in [-0.25, -0.2) is 4.79 Å². The number of unbranched alkanes of at least 4 members (excludes halogenated alkanes) is 2. The molecule has 3 aromatic rings. The van der Waals surface area contributed by atoms with Crippen molar-refractivity contribution >= 4 is 18.0 Å². The van der Waals surface area contributed by atoms with Gasteiger partial charge in [0.25, 0.3) is 5.91 Å². The second-order valence-electron chi connectivity index (χ2n) is 9.20. The first kappa shape index (κ1) is 28.2. The molecule has 38 heavy (non-hydrogen) atoms. The number of amides is 1. The van der Waals surface area contributed by atoms with Gasteiger partial charge in [0.15, 0.2) is 0 Å². The number of carbonyl (C=O) groups excluding carboxylic acids is 2. The molecule has 2 N–H and O–H groups in total. The molecule has 3 aromatic carbocycles. The van der Waals surface area contributed by atoms with Crippen LogP contribution in [0.25, 0.3) is 11.1 Å². The van der Waals surface area contributed by atoms with Crippen molar-refractivity contribution in [3.8, 4) is 22.6 Å². The summed E-state index contributed by atoms with van der Waals surface area (Å²) in [7, 11) is 0. The number of aromatic hydroxyl groups is 1. The maximum Gasteiger partial charge on any atom is 0.513 e. The molecule has 8 nitrogen and oxygen atoms in total. The van der Waals surface area contributed by atoms with Gasteiger partial charge in [0, 0.05) is 24.6 Å². The highest BCUT2D eigenvalue weighted by molar-refractivity contribution is 5.95. The predicted octanol–water partition coefficient (Wildman–Crippen LogP) is 6.27. The van der Waals surface area contributed by atoms with Gasteiger partial charge >= 0.3 is 12.1 Å². The van der Waals surface area contributed by atoms with Crippen LogP contribution in [-0.4, -0.2) is 45.8 Å². The summed E-state index contributed by atoms with van der Waals surface area (Å²) in [5.41, 5.74) is 3.32. The van der Waals surface area contributed by atoms with Crippen LogP contribution >= 0.6 is 0 Å². The summed E-state index contributed by atoms with van der Waals surface area (Å²) in [5.74, 6) is 0.0665. The third-order valence-corrected chi connectivity index (χ3v) is 5.94. The van der Waals surface area contributed by atoms with Crippen LogP contribution in [0.5, 0.6) is 11.5 Å². The van der Waals surface area contributed by atoms with Crippen molar-refractivity contribution in [2.45, 2.75) is 52.1 Å². The van der Waals surface area contributed by atoms with Crippen LogP contribution in [0.2, 0.25) is 0 Å². The standard InChI is InChI=1S/C30H33NO7/c1-21(2)31(29(34)24-15-13-23(14-16-24)25-9-7-10-26(32)19-25)20-22-8-6-11-27(18-22)37-17-5-3-4-12-28(33)38-30(35)36/h6-11,13-16,18-19,21,32H,3-5,12,17,20H2,1-2H3,(H,35,36). The average Bonchev–Trinajstić information content (AvgIpc) is 2.88. The molecule has 0 saturated carbocycles. The molecule has 0 spiro atoms. The molecule has 0 aliphatic carbocycles. The molecule has 0 atom stereocenters. The summed E-state index contributed by atoms with van der Waals surface area (Å²) in [6.45, 7) is 4.83. The topological polar surface area (TPSA) is 113 Å². The van der Waals surface area contributed by atoms with Crippen molar-refractivity contribution in [1.29, 1.82) is 0 Å². The zero-order chi connectivity index (χ0) is 27.5. The Morgan fingerprint density at radius 1 is 0.868 bits per heavy atom. The van der Waals surface area contributed by atoms with E-state index in [0.29, 0.717) is 43.7 Å². The lowest BCUT2D eigenvalue weighted by Gasteiger charge is -2.27. The molecule has 8 heteroatoms. The van der Waals surface area contributed by atoms with E-state index in [1.165, 1.54) is 0 Å². The summed E-state index contributed by atoms with van der Waals surface area (Å²) in [6, 6.07) is 21.9. The molecule has 0 saturated heterocycles. The van der Waals surface area contributed by atoms with E-state index in [0.717, 1.165) is 16.7 Å². The van der Waals surface area contributed by atoms with Crippen molar-refractivity contribution in [1.82, 2.24) is 4.90 Å². The number of esters is 1. The van der Waals surface area contributed by atoms with Crippen LogP contribution in [0.15, 0.2) is 72.8 Å². The number of phenolic OH excluding ortho intramolecular Hbond substituents is 1. The van der Waals surface area contributed by atoms with E-state index in [2.05, 4.69) is 4.74 Å². The molecule has 0 bridgehead atoms. The highest BCUT2D eigenvalue weighted by atomic mass is 16.7. The van der Waals surface area contributed by atoms with Crippen molar-refractivity contribution in [3.05, 3.63) is 83.9 Å². The van der Waals surface area contributed by atoms with E-state index < -0.39 is 12.1 Å². The molecule has 0 aromatic heterocycles. The first-order chi connectivity index (χ1) is 18.2. The summed E-state index contributed by atoms with van der Waals surface area (Å²) in [6.07, 6.45) is 0.405. The Morgan fingerprint density at radius 2 is 1.61 bits per heavy atom. The van der Waals surface area contributed by atoms with Gasteiger partial charge in [-0.3, -0.25) is 9.59 Å². The van der Waals surface area contributed by atoms with E-state index in [9.17, 15) is 19.5 Å². The number of phenols is 1. The minimum Gasteiger partial charge on any atom is -0.508 e. The number of benzene rings is 3. The van der Waals surface area contributed by atoms with Crippen LogP contribution in [0.3, 0.4) is 0 Å². The third-order valence-electron chi connectivity index (χ3n) is 5.94. The lowest BCUT2D eigenvalue weighted by Crippen LogP contribution is -2.36. The number of hydrogen-bond acceptors (Lipinski definition) is 6. The second-order valence-corrected chi connectivity index (χ2v) is 9.20. The second kappa shape index (κ2) is 13.8. The zero-order valence-electron chi connectivity index (χ0n) is 21.6. The summed E-state index contributed by atoms with van der Waals surface area (Å²) < 4.78 is 9.91. The van der Waals surface area contributed by atoms with E-state index >= 15 is 0 Å². The average molecular weight is 520 g/mol. The number of ether oxygens (including phenoxy) is 2. The van der Waals surface area contributed by atoms with Crippen molar-refractivity contribution in [3.63, 3.8) is 0 Å². The van der Waals surface area contributed by atoms with Crippen molar-refractivity contribution in [2.24, 2.45) is 0 Å². The predicted molar refractivity (Wildman–Crippen MR) is 143 cm³/mol. The van der Waals surface area contributed by atoms with Gasteiger partial charge in [0.05, 0.1) is 6.61 Å². The van der Waals surface area contributed by atoms with Gasteiger partial charge in [-0.1, -0.05) is 36.4 Å². The fraction of sp³-hybridized carbons (Fsp3) is 0.300. The molecule has 0 aliphatic heterocycles. The van der Waals surface area contributed by atoms with E-state index in [-0.39, 0.29) is 24.1 Å². The quantitative estimate of drug-likeness (QED) is 0.165. The van der Waals surface area contributed by atoms with Crippen LogP contribution < -0.4 is 4.74 Å². The van der Waals surface area contributed by atoms with Gasteiger partial charge < -0.3 is 24.6 Å². The number of hydrogen-bond donors (Lipinski definition) is 2. The van der Waals surface area contributed by atoms with E-state index in [1.54, 1.807) is 35.2 Å². The van der Waals surface area contributed by atoms with Gasteiger partial charge in [-0.2, -0.15) is 0 Å². The zero-order valence-corrected chi connectivity index (χ0v) is 21.6. The first-order valence-corrected chi connectivity index (χ1v) is 12.6. The fourth-order valence-corrected chi connectivity index (χ4v) is 3.96. The lowest BCUT2D eigenvalue weighted by atomic mass is 10.0. The van der Waals surface area contributed by atoms with Crippen LogP contribution in [0.1, 0.15) is 55.5 Å². The molecular weight excluding hydrogens is 486 g/mol. The lowest BCUT2D eigenvalue weighted by molar-refractivity contribution is -0.139. The summed E-state index contributed by atoms with van der Waals surface area (Å²) >= 11 is 0. The van der Waals surface area contributed by atoms with Crippen LogP contribution in [0, 0.1) is 0 Å². The number of carboxylic acid groups (broad SMARTS) is 1. The molecule has 0 aliphatic rings. The Bertz CT molecular complexity index is 1240. The maximum atomic E-state index is 13.3. The monoisotopic (exact) mass is 519 g/mol. The number of rotatable bonds is 12. The third kappa shape index (κ3) is 8.65. The Balaban J connectivity index is 1.55. The van der Waals surface area contributed by atoms with Crippen molar-refractivity contribution < 1.29 is 34.1 Å². The van der Waals surface area contributed by atoms with Crippen molar-refractivity contribution in [2.75, 3.05) is 6.61 Å². The highest BCUT2D eigenvalue weighted by Gasteiger charge is 2.19. The molecule has 3 rings (SSSR count). The molecular formula is C30H33NO7. The maximum absolute atomic E-state index is 13.3. The Kier molecular flexibility index (Phi) is 10.3. The van der Waals surface area contributed by atoms with Gasteiger partial charge in [0.1, 0.15) is 11.5 Å². The molecule has 0 heterocycles. The molecule has 0 radical (unpaired) electrons. The largest absolute Gasteiger partial charge is 0.513 e. The number of carbonyl (C=O) groups is 3. The first-order valence-electron chi connectivity index (χ1n) is 12.6. The number of nitrogens with zero attached hydrogens (tertiary/aromatic N) is 1. The van der Waals surface area contributed by atoms with E-state index in [1.807, 2.05) is 56.3 Å². The van der Waals surface area contributed by atoms with Gasteiger partial charge in [0.2, 0.25) is 0 Å². The van der Waals surface area contributed by atoms with E-state index in [4.69, 9.17) is 9.84 Å². The molecule has 200 valence electrons. The summed E-state index contributed by atoms with van der Waals surface area (Å²) in [4.78, 5) is 36.7. The van der Waals surface area contributed by atoms with Gasteiger partial charge in [-0.05, 0) is 86.2 Å². The Morgan fingerprint density at radius 3 is 2.29 bits per heavy atom. The summed E-state index contributed by atoms with van der Waals surface area (Å²) in [5, 5.41) is 18.1. The molecule has 0 fully saturated rings. The van der Waals surface area contributed by atoms with Crippen LogP contribution in [-0.2, 0) is 16.1 Å².